The Kier molecular flexibility index (Phi) is 4.30. The van der Waals surface area contributed by atoms with E-state index >= 15 is 0 Å². The van der Waals surface area contributed by atoms with Gasteiger partial charge < -0.3 is 5.21 Å². The fraction of sp³-hybridized carbons (Fsp3) is 0.125. The summed E-state index contributed by atoms with van der Waals surface area (Å²) in [5, 5.41) is 11.1. The van der Waals surface area contributed by atoms with Crippen LogP contribution in [0.2, 0.25) is 0 Å². The molecule has 1 N–H and O–H groups in total. The molecule has 0 bridgehead atoms. The van der Waals surface area contributed by atoms with E-state index in [1.165, 1.54) is 6.21 Å². The monoisotopic (exact) mass is 171 g/mol. The summed E-state index contributed by atoms with van der Waals surface area (Å²) < 4.78 is 0. The third-order valence-electron chi connectivity index (χ3n) is 1.25. The van der Waals surface area contributed by atoms with Gasteiger partial charge >= 0.3 is 0 Å². The third kappa shape index (κ3) is 3.05. The third-order valence-corrected chi connectivity index (χ3v) is 1.25. The largest absolute Gasteiger partial charge is 0.411 e. The smallest absolute Gasteiger partial charge is 0.0733 e. The zero-order valence-corrected chi connectivity index (χ0v) is 7.01. The van der Waals surface area contributed by atoms with Gasteiger partial charge in [0, 0.05) is 0 Å². The molecule has 0 aliphatic heterocycles. The SMILES string of the molecule is Cc1cccc(C=NO)c1.Cl. The molecule has 60 valence electrons. The average molecular weight is 172 g/mol. The van der Waals surface area contributed by atoms with Crippen molar-refractivity contribution in [3.63, 3.8) is 0 Å². The summed E-state index contributed by atoms with van der Waals surface area (Å²) in [6.45, 7) is 1.99. The molecule has 3 heteroatoms. The summed E-state index contributed by atoms with van der Waals surface area (Å²) in [4.78, 5) is 0. The van der Waals surface area contributed by atoms with Crippen LogP contribution in [0.4, 0.5) is 0 Å². The van der Waals surface area contributed by atoms with Crippen molar-refractivity contribution >= 4 is 18.6 Å². The van der Waals surface area contributed by atoms with Gasteiger partial charge in [-0.05, 0) is 12.5 Å². The van der Waals surface area contributed by atoms with Crippen molar-refractivity contribution < 1.29 is 5.21 Å². The molecule has 0 fully saturated rings. The van der Waals surface area contributed by atoms with Gasteiger partial charge in [0.25, 0.3) is 0 Å². The van der Waals surface area contributed by atoms with Crippen LogP contribution < -0.4 is 0 Å². The fourth-order valence-corrected chi connectivity index (χ4v) is 0.817. The Morgan fingerprint density at radius 3 is 2.73 bits per heavy atom. The van der Waals surface area contributed by atoms with Gasteiger partial charge in [0.05, 0.1) is 6.21 Å². The van der Waals surface area contributed by atoms with Crippen LogP contribution in [0.1, 0.15) is 11.1 Å². The Hall–Kier alpha value is -1.02. The molecule has 0 aliphatic rings. The lowest BCUT2D eigenvalue weighted by Crippen LogP contribution is -1.80. The second-order valence-corrected chi connectivity index (χ2v) is 2.16. The highest BCUT2D eigenvalue weighted by atomic mass is 35.5. The maximum Gasteiger partial charge on any atom is 0.0733 e. The van der Waals surface area contributed by atoms with Crippen molar-refractivity contribution in [2.45, 2.75) is 6.92 Å². The van der Waals surface area contributed by atoms with E-state index in [9.17, 15) is 0 Å². The summed E-state index contributed by atoms with van der Waals surface area (Å²) in [6.07, 6.45) is 1.41. The van der Waals surface area contributed by atoms with Crippen molar-refractivity contribution in [1.29, 1.82) is 0 Å². The first-order valence-corrected chi connectivity index (χ1v) is 3.07. The number of nitrogens with zero attached hydrogens (tertiary/aromatic N) is 1. The minimum atomic E-state index is 0. The van der Waals surface area contributed by atoms with E-state index in [4.69, 9.17) is 5.21 Å². The number of halogens is 1. The Labute approximate surface area is 72.0 Å². The number of benzene rings is 1. The predicted molar refractivity (Wildman–Crippen MR) is 47.8 cm³/mol. The van der Waals surface area contributed by atoms with E-state index in [0.29, 0.717) is 0 Å². The van der Waals surface area contributed by atoms with Crippen molar-refractivity contribution in [1.82, 2.24) is 0 Å². The van der Waals surface area contributed by atoms with Crippen molar-refractivity contribution in [3.05, 3.63) is 35.4 Å². The molecule has 11 heavy (non-hydrogen) atoms. The van der Waals surface area contributed by atoms with Gasteiger partial charge in [0.1, 0.15) is 0 Å². The summed E-state index contributed by atoms with van der Waals surface area (Å²) in [7, 11) is 0. The van der Waals surface area contributed by atoms with E-state index in [0.717, 1.165) is 11.1 Å². The maximum absolute atomic E-state index is 8.18. The van der Waals surface area contributed by atoms with Gasteiger partial charge in [-0.25, -0.2) is 0 Å². The molecule has 0 unspecified atom stereocenters. The highest BCUT2D eigenvalue weighted by Crippen LogP contribution is 2.00. The summed E-state index contributed by atoms with van der Waals surface area (Å²) in [5.74, 6) is 0. The molecule has 0 radical (unpaired) electrons. The summed E-state index contributed by atoms with van der Waals surface area (Å²) >= 11 is 0. The molecule has 2 nitrogen and oxygen atoms in total. The normalized spacial score (nSPS) is 9.55. The zero-order valence-electron chi connectivity index (χ0n) is 6.19. The van der Waals surface area contributed by atoms with E-state index in [-0.39, 0.29) is 12.4 Å². The number of hydrogen-bond donors (Lipinski definition) is 1. The Morgan fingerprint density at radius 1 is 1.45 bits per heavy atom. The second-order valence-electron chi connectivity index (χ2n) is 2.16. The molecule has 1 aromatic carbocycles. The summed E-state index contributed by atoms with van der Waals surface area (Å²) in [5.41, 5.74) is 2.08. The van der Waals surface area contributed by atoms with E-state index < -0.39 is 0 Å². The van der Waals surface area contributed by atoms with Crippen molar-refractivity contribution in [2.75, 3.05) is 0 Å². The number of rotatable bonds is 1. The van der Waals surface area contributed by atoms with Crippen LogP contribution in [0.3, 0.4) is 0 Å². The molecule has 0 saturated carbocycles. The van der Waals surface area contributed by atoms with Crippen molar-refractivity contribution in [2.24, 2.45) is 5.16 Å². The van der Waals surface area contributed by atoms with E-state index in [1.54, 1.807) is 0 Å². The number of hydrogen-bond acceptors (Lipinski definition) is 2. The zero-order chi connectivity index (χ0) is 7.40. The molecule has 1 rings (SSSR count). The van der Waals surface area contributed by atoms with Crippen LogP contribution in [0, 0.1) is 6.92 Å². The molecule has 0 aliphatic carbocycles. The fourth-order valence-electron chi connectivity index (χ4n) is 0.817. The molecule has 0 amide bonds. The molecule has 0 aromatic heterocycles. The molecule has 1 aromatic rings. The van der Waals surface area contributed by atoms with Gasteiger partial charge in [0.2, 0.25) is 0 Å². The molecular formula is C8H10ClNO. The molecule has 0 heterocycles. The van der Waals surface area contributed by atoms with Crippen LogP contribution >= 0.6 is 12.4 Å². The second kappa shape index (κ2) is 4.74. The molecule has 0 spiro atoms. The van der Waals surface area contributed by atoms with Crippen LogP contribution in [0.25, 0.3) is 0 Å². The van der Waals surface area contributed by atoms with Gasteiger partial charge in [-0.2, -0.15) is 0 Å². The Morgan fingerprint density at radius 2 is 2.18 bits per heavy atom. The summed E-state index contributed by atoms with van der Waals surface area (Å²) in [6, 6.07) is 7.74. The van der Waals surface area contributed by atoms with Gasteiger partial charge in [0.15, 0.2) is 0 Å². The van der Waals surface area contributed by atoms with E-state index in [2.05, 4.69) is 5.16 Å². The first-order valence-electron chi connectivity index (χ1n) is 3.07. The molecular weight excluding hydrogens is 162 g/mol. The van der Waals surface area contributed by atoms with Crippen LogP contribution in [0.5, 0.6) is 0 Å². The minimum absolute atomic E-state index is 0. The maximum atomic E-state index is 8.18. The number of oxime groups is 1. The van der Waals surface area contributed by atoms with Gasteiger partial charge in [-0.1, -0.05) is 35.0 Å². The first-order chi connectivity index (χ1) is 4.83. The lowest BCUT2D eigenvalue weighted by Gasteiger charge is -1.91. The van der Waals surface area contributed by atoms with E-state index in [1.807, 2.05) is 31.2 Å². The number of aryl methyl sites for hydroxylation is 1. The lowest BCUT2D eigenvalue weighted by molar-refractivity contribution is 0.322. The average Bonchev–Trinajstić information content (AvgIpc) is 1.88. The van der Waals surface area contributed by atoms with Crippen LogP contribution in [-0.4, -0.2) is 11.4 Å². The molecule has 0 saturated heterocycles. The minimum Gasteiger partial charge on any atom is -0.411 e. The molecule has 0 atom stereocenters. The highest BCUT2D eigenvalue weighted by molar-refractivity contribution is 5.85. The topological polar surface area (TPSA) is 32.6 Å². The van der Waals surface area contributed by atoms with Crippen LogP contribution in [0.15, 0.2) is 29.4 Å². The predicted octanol–water partition coefficient (Wildman–Crippen LogP) is 2.22. The van der Waals surface area contributed by atoms with Gasteiger partial charge in [-0.15, -0.1) is 12.4 Å². The lowest BCUT2D eigenvalue weighted by atomic mass is 10.2. The van der Waals surface area contributed by atoms with Gasteiger partial charge in [-0.3, -0.25) is 0 Å². The van der Waals surface area contributed by atoms with Crippen molar-refractivity contribution in [3.8, 4) is 0 Å². The first kappa shape index (κ1) is 9.98. The van der Waals surface area contributed by atoms with Crippen LogP contribution in [-0.2, 0) is 0 Å². The quantitative estimate of drug-likeness (QED) is 0.392. The standard InChI is InChI=1S/C8H9NO.ClH/c1-7-3-2-4-8(5-7)6-9-10;/h2-6,10H,1H3;1H. The Balaban J connectivity index is 0.000001000. The Bertz CT molecular complexity index is 248. The highest BCUT2D eigenvalue weighted by Gasteiger charge is 1.86.